The van der Waals surface area contributed by atoms with Crippen LogP contribution in [0.5, 0.6) is 0 Å². The predicted octanol–water partition coefficient (Wildman–Crippen LogP) is 17.7. The van der Waals surface area contributed by atoms with E-state index in [0.717, 1.165) is 76.4 Å². The first kappa shape index (κ1) is 55.5. The molecular formula is C50H100Cl2O3. The van der Waals surface area contributed by atoms with E-state index >= 15 is 0 Å². The highest BCUT2D eigenvalue weighted by Crippen LogP contribution is 2.28. The van der Waals surface area contributed by atoms with Crippen LogP contribution in [0.15, 0.2) is 0 Å². The van der Waals surface area contributed by atoms with Gasteiger partial charge in [0.05, 0.1) is 0 Å². The third-order valence-electron chi connectivity index (χ3n) is 11.9. The van der Waals surface area contributed by atoms with E-state index < -0.39 is 0 Å². The van der Waals surface area contributed by atoms with Crippen LogP contribution in [0.2, 0.25) is 0 Å². The molecule has 0 amide bonds. The van der Waals surface area contributed by atoms with E-state index in [2.05, 4.69) is 69.2 Å². The summed E-state index contributed by atoms with van der Waals surface area (Å²) in [7, 11) is 0. The number of halogens is 2. The van der Waals surface area contributed by atoms with Crippen molar-refractivity contribution in [2.45, 2.75) is 272 Å². The third-order valence-corrected chi connectivity index (χ3v) is 12.2. The van der Waals surface area contributed by atoms with Crippen molar-refractivity contribution >= 4 is 23.2 Å². The zero-order valence-electron chi connectivity index (χ0n) is 39.0. The van der Waals surface area contributed by atoms with Crippen molar-refractivity contribution in [1.82, 2.24) is 0 Å². The van der Waals surface area contributed by atoms with Crippen LogP contribution >= 0.6 is 23.2 Å². The molecule has 0 fully saturated rings. The van der Waals surface area contributed by atoms with Crippen LogP contribution in [0.3, 0.4) is 0 Å². The van der Waals surface area contributed by atoms with Gasteiger partial charge in [-0.1, -0.05) is 158 Å². The van der Waals surface area contributed by atoms with Crippen molar-refractivity contribution in [2.75, 3.05) is 13.2 Å². The van der Waals surface area contributed by atoms with Crippen LogP contribution in [-0.2, 0) is 14.2 Å². The third kappa shape index (κ3) is 38.4. The molecule has 0 aliphatic heterocycles. The van der Waals surface area contributed by atoms with Gasteiger partial charge >= 0.3 is 0 Å². The minimum atomic E-state index is -0.175. The van der Waals surface area contributed by atoms with Gasteiger partial charge in [-0.25, -0.2) is 0 Å². The molecule has 0 saturated heterocycles. The summed E-state index contributed by atoms with van der Waals surface area (Å²) >= 11 is 12.6. The lowest BCUT2D eigenvalue weighted by Gasteiger charge is -2.27. The number of alkyl halides is 2. The van der Waals surface area contributed by atoms with Gasteiger partial charge in [-0.05, 0) is 126 Å². The van der Waals surface area contributed by atoms with E-state index in [-0.39, 0.29) is 23.3 Å². The largest absolute Gasteiger partial charge is 0.353 e. The molecule has 0 spiro atoms. The molecular weight excluding hydrogens is 719 g/mol. The summed E-state index contributed by atoms with van der Waals surface area (Å²) in [4.78, 5) is 0. The zero-order chi connectivity index (χ0) is 41.1. The Hall–Kier alpha value is 0.460. The second kappa shape index (κ2) is 38.6. The summed E-state index contributed by atoms with van der Waals surface area (Å²) in [5.74, 6) is 4.29. The second-order valence-corrected chi connectivity index (χ2v) is 20.6. The molecule has 332 valence electrons. The van der Waals surface area contributed by atoms with Crippen LogP contribution in [0.4, 0.5) is 0 Å². The Kier molecular flexibility index (Phi) is 39.0. The van der Waals surface area contributed by atoms with Gasteiger partial charge in [0, 0.05) is 24.0 Å². The predicted molar refractivity (Wildman–Crippen MR) is 247 cm³/mol. The number of rotatable bonds is 42. The van der Waals surface area contributed by atoms with Crippen molar-refractivity contribution in [2.24, 2.45) is 35.5 Å². The minimum Gasteiger partial charge on any atom is -0.353 e. The average Bonchev–Trinajstić information content (AvgIpc) is 3.08. The van der Waals surface area contributed by atoms with Crippen molar-refractivity contribution in [1.29, 1.82) is 0 Å². The average molecular weight is 820 g/mol. The highest BCUT2D eigenvalue weighted by atomic mass is 35.5. The maximum absolute atomic E-state index is 6.83. The Morgan fingerprint density at radius 1 is 0.327 bits per heavy atom. The molecule has 0 saturated carbocycles. The summed E-state index contributed by atoms with van der Waals surface area (Å²) < 4.78 is 20.0. The quantitative estimate of drug-likeness (QED) is 0.0349. The van der Waals surface area contributed by atoms with Gasteiger partial charge in [-0.15, -0.1) is 23.2 Å². The molecule has 55 heavy (non-hydrogen) atoms. The smallest absolute Gasteiger partial charge is 0.160 e. The Morgan fingerprint density at radius 2 is 0.618 bits per heavy atom. The van der Waals surface area contributed by atoms with Gasteiger partial charge in [0.15, 0.2) is 12.6 Å². The van der Waals surface area contributed by atoms with Crippen molar-refractivity contribution in [3.63, 3.8) is 0 Å². The van der Waals surface area contributed by atoms with Gasteiger partial charge in [0.25, 0.3) is 0 Å². The fourth-order valence-electron chi connectivity index (χ4n) is 9.20. The van der Waals surface area contributed by atoms with E-state index in [9.17, 15) is 0 Å². The maximum Gasteiger partial charge on any atom is 0.160 e. The van der Waals surface area contributed by atoms with E-state index in [4.69, 9.17) is 37.4 Å². The number of ether oxygens (including phenoxy) is 3. The Balaban J connectivity index is 5.27. The van der Waals surface area contributed by atoms with Crippen LogP contribution in [0.25, 0.3) is 0 Å². The van der Waals surface area contributed by atoms with E-state index in [1.165, 1.54) is 128 Å². The fourth-order valence-corrected chi connectivity index (χ4v) is 9.80. The summed E-state index contributed by atoms with van der Waals surface area (Å²) in [6, 6.07) is 0. The molecule has 10 atom stereocenters. The summed E-state index contributed by atoms with van der Waals surface area (Å²) in [5.41, 5.74) is 0. The van der Waals surface area contributed by atoms with E-state index in [0.29, 0.717) is 23.7 Å². The molecule has 0 aromatic carbocycles. The molecule has 0 aliphatic rings. The topological polar surface area (TPSA) is 27.7 Å². The van der Waals surface area contributed by atoms with Crippen molar-refractivity contribution in [3.05, 3.63) is 0 Å². The standard InChI is InChI=1S/C50H100Cl2O3/c1-11-13-15-17-19-21-23-25-33-53-49(31-27-29-41(3)35-43(5)37-45(7)39-47(9)51)55-50(54-34-26-24-22-20-18-16-14-12-2)32-28-30-42(4)36-44(6)38-46(8)40-48(10)52/h41-50H,11-40H2,1-10H3. The van der Waals surface area contributed by atoms with Crippen molar-refractivity contribution < 1.29 is 14.2 Å². The van der Waals surface area contributed by atoms with Crippen LogP contribution in [0.1, 0.15) is 249 Å². The van der Waals surface area contributed by atoms with Gasteiger partial charge < -0.3 is 14.2 Å². The molecule has 0 radical (unpaired) electrons. The SMILES string of the molecule is CCCCCCCCCCOC(CCCC(C)CC(C)CC(C)CC(C)Cl)OC(CCCC(C)CC(C)CC(C)CC(C)Cl)OCCCCCCCCCC. The molecule has 10 unspecified atom stereocenters. The molecule has 5 heteroatoms. The van der Waals surface area contributed by atoms with Crippen LogP contribution < -0.4 is 0 Å². The lowest BCUT2D eigenvalue weighted by Crippen LogP contribution is -2.28. The Bertz CT molecular complexity index is 716. The number of unbranched alkanes of at least 4 members (excludes halogenated alkanes) is 14. The first-order valence-electron chi connectivity index (χ1n) is 24.5. The molecule has 0 aliphatic carbocycles. The lowest BCUT2D eigenvalue weighted by atomic mass is 9.86. The highest BCUT2D eigenvalue weighted by molar-refractivity contribution is 6.20. The first-order chi connectivity index (χ1) is 26.4. The Morgan fingerprint density at radius 3 is 0.945 bits per heavy atom. The lowest BCUT2D eigenvalue weighted by molar-refractivity contribution is -0.250. The Labute approximate surface area is 357 Å². The summed E-state index contributed by atoms with van der Waals surface area (Å²) in [6.45, 7) is 24.9. The van der Waals surface area contributed by atoms with Gasteiger partial charge in [-0.2, -0.15) is 0 Å². The highest BCUT2D eigenvalue weighted by Gasteiger charge is 2.21. The molecule has 0 rings (SSSR count). The van der Waals surface area contributed by atoms with E-state index in [1.807, 2.05) is 0 Å². The summed E-state index contributed by atoms with van der Waals surface area (Å²) in [6.07, 6.45) is 34.7. The van der Waals surface area contributed by atoms with Crippen LogP contribution in [-0.4, -0.2) is 36.5 Å². The number of hydrogen-bond acceptors (Lipinski definition) is 3. The fraction of sp³-hybridized carbons (Fsp3) is 1.00. The van der Waals surface area contributed by atoms with Gasteiger partial charge in [0.1, 0.15) is 0 Å². The maximum atomic E-state index is 6.83. The van der Waals surface area contributed by atoms with E-state index in [1.54, 1.807) is 0 Å². The molecule has 0 aromatic heterocycles. The summed E-state index contributed by atoms with van der Waals surface area (Å²) in [5, 5.41) is 0.541. The molecule has 0 bridgehead atoms. The van der Waals surface area contributed by atoms with Crippen LogP contribution in [0, 0.1) is 35.5 Å². The first-order valence-corrected chi connectivity index (χ1v) is 25.4. The molecule has 3 nitrogen and oxygen atoms in total. The van der Waals surface area contributed by atoms with Gasteiger partial charge in [0.2, 0.25) is 0 Å². The van der Waals surface area contributed by atoms with Gasteiger partial charge in [-0.3, -0.25) is 0 Å². The normalized spacial score (nSPS) is 17.7. The monoisotopic (exact) mass is 819 g/mol. The molecule has 0 N–H and O–H groups in total. The van der Waals surface area contributed by atoms with Crippen molar-refractivity contribution in [3.8, 4) is 0 Å². The number of hydrogen-bond donors (Lipinski definition) is 0. The minimum absolute atomic E-state index is 0.175. The zero-order valence-corrected chi connectivity index (χ0v) is 40.5. The molecule has 0 heterocycles. The second-order valence-electron chi connectivity index (χ2n) is 19.2. The molecule has 0 aromatic rings.